The molecular weight excluding hydrogens is 374 g/mol. The molecule has 2 nitrogen and oxygen atoms in total. The highest BCUT2D eigenvalue weighted by molar-refractivity contribution is 7.21. The number of nitrogens with one attached hydrogen (secondary N) is 1. The molecule has 1 atom stereocenters. The molecule has 0 radical (unpaired) electrons. The number of rotatable bonds is 5. The number of thiophene rings is 1. The third-order valence-corrected chi connectivity index (χ3v) is 6.51. The van der Waals surface area contributed by atoms with Crippen molar-refractivity contribution in [3.63, 3.8) is 0 Å². The second-order valence-electron chi connectivity index (χ2n) is 6.96. The Labute approximate surface area is 169 Å². The normalized spacial score (nSPS) is 16.1. The van der Waals surface area contributed by atoms with E-state index < -0.39 is 0 Å². The van der Waals surface area contributed by atoms with E-state index in [1.807, 2.05) is 30.3 Å². The SMILES string of the molecule is CCCCc1ccc(-c2c(Cl)sc3c2C(=O)C(c2ccccc2)CN3)cc1. The summed E-state index contributed by atoms with van der Waals surface area (Å²) in [5, 5.41) is 4.32. The fourth-order valence-electron chi connectivity index (χ4n) is 3.66. The minimum Gasteiger partial charge on any atom is -0.375 e. The van der Waals surface area contributed by atoms with Gasteiger partial charge in [0.05, 0.1) is 11.5 Å². The zero-order valence-corrected chi connectivity index (χ0v) is 16.9. The van der Waals surface area contributed by atoms with Crippen LogP contribution < -0.4 is 5.32 Å². The van der Waals surface area contributed by atoms with Crippen LogP contribution in [0.5, 0.6) is 0 Å². The second kappa shape index (κ2) is 7.87. The third kappa shape index (κ3) is 3.54. The summed E-state index contributed by atoms with van der Waals surface area (Å²) in [6.07, 6.45) is 3.46. The van der Waals surface area contributed by atoms with Gasteiger partial charge in [0.1, 0.15) is 9.34 Å². The number of halogens is 1. The van der Waals surface area contributed by atoms with Crippen LogP contribution in [0.25, 0.3) is 11.1 Å². The number of fused-ring (bicyclic) bond motifs is 1. The maximum Gasteiger partial charge on any atom is 0.175 e. The predicted molar refractivity (Wildman–Crippen MR) is 115 cm³/mol. The molecule has 1 unspecified atom stereocenters. The molecule has 0 saturated carbocycles. The largest absolute Gasteiger partial charge is 0.375 e. The molecule has 0 fully saturated rings. The number of unbranched alkanes of at least 4 members (excludes halogenated alkanes) is 1. The summed E-state index contributed by atoms with van der Waals surface area (Å²) < 4.78 is 0.677. The summed E-state index contributed by atoms with van der Waals surface area (Å²) in [7, 11) is 0. The van der Waals surface area contributed by atoms with E-state index in [1.54, 1.807) is 0 Å². The van der Waals surface area contributed by atoms with Crippen molar-refractivity contribution in [2.75, 3.05) is 11.9 Å². The van der Waals surface area contributed by atoms with Crippen LogP contribution in [0.4, 0.5) is 5.00 Å². The number of Topliss-reactive ketones (excluding diaryl/α,β-unsaturated/α-hetero) is 1. The number of benzene rings is 2. The maximum atomic E-state index is 13.3. The third-order valence-electron chi connectivity index (χ3n) is 5.16. The molecule has 0 bridgehead atoms. The Morgan fingerprint density at radius 2 is 1.81 bits per heavy atom. The van der Waals surface area contributed by atoms with Crippen molar-refractivity contribution in [3.8, 4) is 11.1 Å². The van der Waals surface area contributed by atoms with Crippen molar-refractivity contribution in [1.82, 2.24) is 0 Å². The number of hydrogen-bond acceptors (Lipinski definition) is 3. The van der Waals surface area contributed by atoms with Gasteiger partial charge in [-0.15, -0.1) is 11.3 Å². The van der Waals surface area contributed by atoms with E-state index in [1.165, 1.54) is 29.7 Å². The molecule has 2 aromatic carbocycles. The van der Waals surface area contributed by atoms with E-state index in [4.69, 9.17) is 11.6 Å². The van der Waals surface area contributed by atoms with E-state index in [9.17, 15) is 4.79 Å². The minimum atomic E-state index is -0.174. The Balaban J connectivity index is 1.71. The summed E-state index contributed by atoms with van der Waals surface area (Å²) >= 11 is 8.04. The topological polar surface area (TPSA) is 29.1 Å². The standard InChI is InChI=1S/C23H22ClNOS/c1-2-3-7-15-10-12-17(13-11-15)19-20-21(26)18(16-8-5-4-6-9-16)14-25-23(20)27-22(19)24/h4-6,8-13,18,25H,2-3,7,14H2,1H3. The van der Waals surface area contributed by atoms with Gasteiger partial charge >= 0.3 is 0 Å². The molecule has 0 aliphatic carbocycles. The summed E-state index contributed by atoms with van der Waals surface area (Å²) in [6, 6.07) is 18.5. The van der Waals surface area contributed by atoms with Crippen molar-refractivity contribution < 1.29 is 4.79 Å². The zero-order valence-electron chi connectivity index (χ0n) is 15.3. The van der Waals surface area contributed by atoms with Crippen LogP contribution in [0, 0.1) is 0 Å². The Bertz CT molecular complexity index is 947. The van der Waals surface area contributed by atoms with Gasteiger partial charge in [0.15, 0.2) is 5.78 Å². The average molecular weight is 396 g/mol. The van der Waals surface area contributed by atoms with Crippen molar-refractivity contribution in [3.05, 3.63) is 75.6 Å². The number of hydrogen-bond donors (Lipinski definition) is 1. The fourth-order valence-corrected chi connectivity index (χ4v) is 5.05. The molecule has 1 N–H and O–H groups in total. The quantitative estimate of drug-likeness (QED) is 0.514. The molecule has 27 heavy (non-hydrogen) atoms. The molecule has 1 aliphatic heterocycles. The smallest absolute Gasteiger partial charge is 0.175 e. The van der Waals surface area contributed by atoms with E-state index in [-0.39, 0.29) is 11.7 Å². The van der Waals surface area contributed by atoms with Crippen LogP contribution in [-0.2, 0) is 6.42 Å². The number of carbonyl (C=O) groups is 1. The summed E-state index contributed by atoms with van der Waals surface area (Å²) in [4.78, 5) is 13.3. The Morgan fingerprint density at radius 1 is 1.07 bits per heavy atom. The molecular formula is C23H22ClNOS. The first-order valence-electron chi connectivity index (χ1n) is 9.43. The second-order valence-corrected chi connectivity index (χ2v) is 8.59. The van der Waals surface area contributed by atoms with Crippen LogP contribution in [-0.4, -0.2) is 12.3 Å². The highest BCUT2D eigenvalue weighted by Crippen LogP contribution is 2.47. The fraction of sp³-hybridized carbons (Fsp3) is 0.261. The first-order chi connectivity index (χ1) is 13.2. The van der Waals surface area contributed by atoms with E-state index in [2.05, 4.69) is 36.5 Å². The van der Waals surface area contributed by atoms with Gasteiger partial charge in [-0.25, -0.2) is 0 Å². The molecule has 4 heteroatoms. The van der Waals surface area contributed by atoms with Crippen LogP contribution in [0.2, 0.25) is 4.34 Å². The van der Waals surface area contributed by atoms with Gasteiger partial charge in [0.25, 0.3) is 0 Å². The maximum absolute atomic E-state index is 13.3. The van der Waals surface area contributed by atoms with Gasteiger partial charge in [0.2, 0.25) is 0 Å². The highest BCUT2D eigenvalue weighted by Gasteiger charge is 2.34. The molecule has 0 spiro atoms. The van der Waals surface area contributed by atoms with E-state index in [0.717, 1.165) is 33.7 Å². The van der Waals surface area contributed by atoms with Crippen LogP contribution in [0.3, 0.4) is 0 Å². The summed E-state index contributed by atoms with van der Waals surface area (Å²) in [5.41, 5.74) is 5.00. The molecule has 4 rings (SSSR count). The minimum absolute atomic E-state index is 0.156. The number of anilines is 1. The van der Waals surface area contributed by atoms with Crippen LogP contribution in [0.15, 0.2) is 54.6 Å². The molecule has 138 valence electrons. The Hall–Kier alpha value is -2.10. The van der Waals surface area contributed by atoms with Crippen molar-refractivity contribution >= 4 is 33.7 Å². The number of aryl methyl sites for hydroxylation is 1. The van der Waals surface area contributed by atoms with Crippen molar-refractivity contribution in [2.45, 2.75) is 32.1 Å². The van der Waals surface area contributed by atoms with Crippen molar-refractivity contribution in [2.24, 2.45) is 0 Å². The summed E-state index contributed by atoms with van der Waals surface area (Å²) in [5.74, 6) is -0.0184. The number of carbonyl (C=O) groups excluding carboxylic acids is 1. The van der Waals surface area contributed by atoms with Gasteiger partial charge < -0.3 is 5.32 Å². The van der Waals surface area contributed by atoms with E-state index in [0.29, 0.717) is 10.9 Å². The monoisotopic (exact) mass is 395 g/mol. The first kappa shape index (κ1) is 18.3. The first-order valence-corrected chi connectivity index (χ1v) is 10.6. The molecule has 3 aromatic rings. The lowest BCUT2D eigenvalue weighted by atomic mass is 9.86. The Morgan fingerprint density at radius 3 is 2.52 bits per heavy atom. The Kier molecular flexibility index (Phi) is 5.33. The van der Waals surface area contributed by atoms with Crippen molar-refractivity contribution in [1.29, 1.82) is 0 Å². The molecule has 1 aliphatic rings. The molecule has 0 amide bonds. The van der Waals surface area contributed by atoms with Crippen LogP contribution in [0.1, 0.15) is 47.2 Å². The molecule has 1 aromatic heterocycles. The van der Waals surface area contributed by atoms with Gasteiger partial charge in [-0.3, -0.25) is 4.79 Å². The summed E-state index contributed by atoms with van der Waals surface area (Å²) in [6.45, 7) is 2.82. The lowest BCUT2D eigenvalue weighted by molar-refractivity contribution is 0.0961. The van der Waals surface area contributed by atoms with Gasteiger partial charge in [0, 0.05) is 12.1 Å². The molecule has 0 saturated heterocycles. The average Bonchev–Trinajstić information content (AvgIpc) is 3.04. The van der Waals surface area contributed by atoms with Crippen LogP contribution >= 0.6 is 22.9 Å². The lowest BCUT2D eigenvalue weighted by Gasteiger charge is -2.23. The van der Waals surface area contributed by atoms with Gasteiger partial charge in [-0.2, -0.15) is 0 Å². The molecule has 2 heterocycles. The lowest BCUT2D eigenvalue weighted by Crippen LogP contribution is -2.27. The van der Waals surface area contributed by atoms with Gasteiger partial charge in [-0.05, 0) is 29.5 Å². The van der Waals surface area contributed by atoms with Gasteiger partial charge in [-0.1, -0.05) is 79.5 Å². The zero-order chi connectivity index (χ0) is 18.8. The predicted octanol–water partition coefficient (Wildman–Crippen LogP) is 6.80. The highest BCUT2D eigenvalue weighted by atomic mass is 35.5. The van der Waals surface area contributed by atoms with E-state index >= 15 is 0 Å². The number of ketones is 1.